The molecular formula is C10H13F3O3. The smallest absolute Gasteiger partial charge is 0.372 e. The number of ketones is 1. The Labute approximate surface area is 91.2 Å². The van der Waals surface area contributed by atoms with Gasteiger partial charge in [0.1, 0.15) is 6.10 Å². The van der Waals surface area contributed by atoms with Crippen molar-refractivity contribution in [1.82, 2.24) is 0 Å². The molecule has 0 radical (unpaired) electrons. The van der Waals surface area contributed by atoms with Crippen LogP contribution < -0.4 is 0 Å². The third-order valence-electron chi connectivity index (χ3n) is 2.24. The van der Waals surface area contributed by atoms with E-state index in [2.05, 4.69) is 11.3 Å². The first-order valence-electron chi connectivity index (χ1n) is 4.81. The summed E-state index contributed by atoms with van der Waals surface area (Å²) in [7, 11) is 0. The zero-order chi connectivity index (χ0) is 12.3. The fourth-order valence-corrected chi connectivity index (χ4v) is 1.23. The van der Waals surface area contributed by atoms with Gasteiger partial charge >= 0.3 is 6.18 Å². The summed E-state index contributed by atoms with van der Waals surface area (Å²) in [4.78, 5) is 11.1. The van der Waals surface area contributed by atoms with Crippen molar-refractivity contribution in [3.05, 3.63) is 12.2 Å². The second-order valence-corrected chi connectivity index (χ2v) is 3.66. The average Bonchev–Trinajstić information content (AvgIpc) is 2.06. The van der Waals surface area contributed by atoms with E-state index in [0.29, 0.717) is 5.57 Å². The number of allylic oxidation sites excluding steroid dienone is 1. The highest BCUT2D eigenvalue weighted by molar-refractivity contribution is 5.94. The van der Waals surface area contributed by atoms with E-state index in [9.17, 15) is 18.0 Å². The number of ether oxygens (including phenoxy) is 2. The van der Waals surface area contributed by atoms with E-state index in [-0.39, 0.29) is 25.4 Å². The summed E-state index contributed by atoms with van der Waals surface area (Å²) in [6, 6.07) is 0. The maximum absolute atomic E-state index is 12.2. The first-order valence-corrected chi connectivity index (χ1v) is 4.81. The number of carbonyl (C=O) groups excluding carboxylic acids is 1. The fourth-order valence-electron chi connectivity index (χ4n) is 1.23. The van der Waals surface area contributed by atoms with Gasteiger partial charge in [0.2, 0.25) is 0 Å². The van der Waals surface area contributed by atoms with E-state index < -0.39 is 18.4 Å². The Balaban J connectivity index is 2.25. The van der Waals surface area contributed by atoms with Crippen LogP contribution in [0.3, 0.4) is 0 Å². The molecule has 0 spiro atoms. The molecule has 1 aliphatic heterocycles. The molecule has 2 atom stereocenters. The number of Topliss-reactive ketones (excluding diaryl/α,β-unsaturated/α-hetero) is 1. The Morgan fingerprint density at radius 3 is 2.56 bits per heavy atom. The highest BCUT2D eigenvalue weighted by Gasteiger charge is 2.52. The van der Waals surface area contributed by atoms with Gasteiger partial charge in [-0.15, -0.1) is 0 Å². The molecule has 0 aliphatic carbocycles. The molecular weight excluding hydrogens is 225 g/mol. The molecule has 1 fully saturated rings. The van der Waals surface area contributed by atoms with Crippen molar-refractivity contribution < 1.29 is 27.4 Å². The molecule has 0 bridgehead atoms. The van der Waals surface area contributed by atoms with Crippen LogP contribution in [0.4, 0.5) is 13.2 Å². The van der Waals surface area contributed by atoms with E-state index in [1.807, 2.05) is 0 Å². The first kappa shape index (κ1) is 13.2. The molecule has 1 rings (SSSR count). The van der Waals surface area contributed by atoms with Crippen LogP contribution in [-0.4, -0.2) is 37.4 Å². The molecule has 0 amide bonds. The zero-order valence-corrected chi connectivity index (χ0v) is 8.84. The predicted octanol–water partition coefficient (Wildman–Crippen LogP) is 1.87. The summed E-state index contributed by atoms with van der Waals surface area (Å²) in [6.07, 6.45) is -7.19. The van der Waals surface area contributed by atoms with Gasteiger partial charge in [0.05, 0.1) is 13.2 Å². The molecule has 1 aliphatic rings. The van der Waals surface area contributed by atoms with Crippen LogP contribution in [0.1, 0.15) is 13.3 Å². The minimum atomic E-state index is -4.40. The number of alkyl halides is 3. The molecule has 0 aromatic carbocycles. The van der Waals surface area contributed by atoms with Crippen LogP contribution in [0.25, 0.3) is 0 Å². The second-order valence-electron chi connectivity index (χ2n) is 3.66. The van der Waals surface area contributed by atoms with Gasteiger partial charge in [0.25, 0.3) is 0 Å². The molecule has 0 aromatic heterocycles. The first-order chi connectivity index (χ1) is 7.32. The van der Waals surface area contributed by atoms with Crippen molar-refractivity contribution in [1.29, 1.82) is 0 Å². The van der Waals surface area contributed by atoms with Crippen molar-refractivity contribution in [3.8, 4) is 0 Å². The maximum atomic E-state index is 12.2. The fraction of sp³-hybridized carbons (Fsp3) is 0.700. The summed E-state index contributed by atoms with van der Waals surface area (Å²) >= 11 is 0. The van der Waals surface area contributed by atoms with Crippen LogP contribution >= 0.6 is 0 Å². The summed E-state index contributed by atoms with van der Waals surface area (Å²) < 4.78 is 45.8. The van der Waals surface area contributed by atoms with Gasteiger partial charge in [0, 0.05) is 6.42 Å². The molecule has 1 saturated heterocycles. The number of hydrogen-bond acceptors (Lipinski definition) is 3. The number of rotatable bonds is 5. The topological polar surface area (TPSA) is 35.5 Å². The quantitative estimate of drug-likeness (QED) is 0.686. The average molecular weight is 238 g/mol. The van der Waals surface area contributed by atoms with Crippen molar-refractivity contribution >= 4 is 5.78 Å². The summed E-state index contributed by atoms with van der Waals surface area (Å²) in [6.45, 7) is 4.87. The maximum Gasteiger partial charge on any atom is 0.417 e. The van der Waals surface area contributed by atoms with E-state index >= 15 is 0 Å². The SMILES string of the molecule is C=C(C)C(=O)CCOC1COC1C(F)(F)F. The van der Waals surface area contributed by atoms with E-state index in [1.165, 1.54) is 0 Å². The molecule has 1 heterocycles. The normalized spacial score (nSPS) is 25.0. The Kier molecular flexibility index (Phi) is 4.09. The highest BCUT2D eigenvalue weighted by atomic mass is 19.4. The minimum absolute atomic E-state index is 0.0354. The lowest BCUT2D eigenvalue weighted by Gasteiger charge is -2.37. The number of carbonyl (C=O) groups is 1. The third kappa shape index (κ3) is 3.31. The number of halogens is 3. The van der Waals surface area contributed by atoms with E-state index in [4.69, 9.17) is 4.74 Å². The summed E-state index contributed by atoms with van der Waals surface area (Å²) in [5, 5.41) is 0. The van der Waals surface area contributed by atoms with Crippen LogP contribution in [0.2, 0.25) is 0 Å². The van der Waals surface area contributed by atoms with Gasteiger partial charge in [-0.2, -0.15) is 13.2 Å². The van der Waals surface area contributed by atoms with Crippen LogP contribution in [0, 0.1) is 0 Å². The van der Waals surface area contributed by atoms with Gasteiger partial charge in [-0.1, -0.05) is 6.58 Å². The molecule has 0 saturated carbocycles. The van der Waals surface area contributed by atoms with Crippen LogP contribution in [-0.2, 0) is 14.3 Å². The standard InChI is InChI=1S/C10H13F3O3/c1-6(2)7(14)3-4-15-8-5-16-9(8)10(11,12)13/h8-9H,1,3-5H2,2H3. The Morgan fingerprint density at radius 2 is 2.19 bits per heavy atom. The van der Waals surface area contributed by atoms with Gasteiger partial charge in [-0.25, -0.2) is 0 Å². The van der Waals surface area contributed by atoms with Crippen molar-refractivity contribution in [2.75, 3.05) is 13.2 Å². The molecule has 3 nitrogen and oxygen atoms in total. The zero-order valence-electron chi connectivity index (χ0n) is 8.84. The lowest BCUT2D eigenvalue weighted by atomic mass is 10.1. The van der Waals surface area contributed by atoms with Crippen molar-refractivity contribution in [2.24, 2.45) is 0 Å². The Bertz CT molecular complexity index is 286. The molecule has 2 unspecified atom stereocenters. The Morgan fingerprint density at radius 1 is 1.56 bits per heavy atom. The lowest BCUT2D eigenvalue weighted by molar-refractivity contribution is -0.311. The number of hydrogen-bond donors (Lipinski definition) is 0. The van der Waals surface area contributed by atoms with E-state index in [0.717, 1.165) is 0 Å². The van der Waals surface area contributed by atoms with Gasteiger partial charge in [-0.3, -0.25) is 4.79 Å². The van der Waals surface area contributed by atoms with Crippen LogP contribution in [0.5, 0.6) is 0 Å². The van der Waals surface area contributed by atoms with Gasteiger partial charge in [-0.05, 0) is 12.5 Å². The second kappa shape index (κ2) is 4.97. The Hall–Kier alpha value is -0.880. The molecule has 0 N–H and O–H groups in total. The van der Waals surface area contributed by atoms with Crippen molar-refractivity contribution in [3.63, 3.8) is 0 Å². The van der Waals surface area contributed by atoms with Crippen LogP contribution in [0.15, 0.2) is 12.2 Å². The molecule has 92 valence electrons. The minimum Gasteiger partial charge on any atom is -0.372 e. The lowest BCUT2D eigenvalue weighted by Crippen LogP contribution is -2.55. The van der Waals surface area contributed by atoms with Gasteiger partial charge in [0.15, 0.2) is 11.9 Å². The summed E-state index contributed by atoms with van der Waals surface area (Å²) in [5.41, 5.74) is 0.376. The summed E-state index contributed by atoms with van der Waals surface area (Å²) in [5.74, 6) is -0.205. The highest BCUT2D eigenvalue weighted by Crippen LogP contribution is 2.32. The molecule has 0 aromatic rings. The molecule has 16 heavy (non-hydrogen) atoms. The van der Waals surface area contributed by atoms with Gasteiger partial charge < -0.3 is 9.47 Å². The molecule has 6 heteroatoms. The van der Waals surface area contributed by atoms with Crippen molar-refractivity contribution in [2.45, 2.75) is 31.7 Å². The largest absolute Gasteiger partial charge is 0.417 e. The third-order valence-corrected chi connectivity index (χ3v) is 2.24. The predicted molar refractivity (Wildman–Crippen MR) is 50.0 cm³/mol. The monoisotopic (exact) mass is 238 g/mol. The van der Waals surface area contributed by atoms with E-state index in [1.54, 1.807) is 6.92 Å².